The van der Waals surface area contributed by atoms with E-state index in [-0.39, 0.29) is 18.9 Å². The molecule has 29 heavy (non-hydrogen) atoms. The van der Waals surface area contributed by atoms with Gasteiger partial charge in [0.05, 0.1) is 5.54 Å². The monoisotopic (exact) mass is 398 g/mol. The Labute approximate surface area is 169 Å². The molecule has 0 spiro atoms. The van der Waals surface area contributed by atoms with Crippen LogP contribution in [0.5, 0.6) is 0 Å². The van der Waals surface area contributed by atoms with Gasteiger partial charge in [-0.2, -0.15) is 0 Å². The van der Waals surface area contributed by atoms with E-state index in [0.717, 1.165) is 16.7 Å². The highest BCUT2D eigenvalue weighted by atomic mass is 19.3. The van der Waals surface area contributed by atoms with Gasteiger partial charge in [0.25, 0.3) is 6.43 Å². The maximum absolute atomic E-state index is 13.1. The molecule has 2 aromatic rings. The van der Waals surface area contributed by atoms with E-state index in [0.29, 0.717) is 6.54 Å². The van der Waals surface area contributed by atoms with E-state index in [1.54, 1.807) is 19.0 Å². The van der Waals surface area contributed by atoms with Crippen LogP contribution in [0.3, 0.4) is 0 Å². The molecule has 0 aliphatic carbocycles. The minimum atomic E-state index is -3.01. The molecule has 0 saturated carbocycles. The van der Waals surface area contributed by atoms with Gasteiger partial charge in [-0.3, -0.25) is 4.79 Å². The highest BCUT2D eigenvalue weighted by molar-refractivity contribution is 5.84. The second-order valence-corrected chi connectivity index (χ2v) is 7.36. The number of nitrogens with zero attached hydrogens (tertiary/aromatic N) is 2. The zero-order valence-corrected chi connectivity index (χ0v) is 16.5. The summed E-state index contributed by atoms with van der Waals surface area (Å²) in [6, 6.07) is 18.7. The predicted octanol–water partition coefficient (Wildman–Crippen LogP) is 4.58. The van der Waals surface area contributed by atoms with Crippen molar-refractivity contribution in [3.63, 3.8) is 0 Å². The smallest absolute Gasteiger partial charge is 0.320 e. The van der Waals surface area contributed by atoms with Crippen LogP contribution in [0.15, 0.2) is 66.7 Å². The van der Waals surface area contributed by atoms with Crippen molar-refractivity contribution < 1.29 is 18.4 Å². The van der Waals surface area contributed by atoms with E-state index >= 15 is 0 Å². The van der Waals surface area contributed by atoms with Gasteiger partial charge >= 0.3 is 6.03 Å². The van der Waals surface area contributed by atoms with Crippen LogP contribution in [-0.4, -0.2) is 48.7 Å². The standard InChI is InChI=1S/C23H24F2N2O2/c1-26(2)22(29)27-16-18(17-9-5-3-6-10-17)15-23(27,14-13-20(28)21(24)25)19-11-7-4-8-12-19/h3-12,15,21H,13-14,16H2,1-2H3. The van der Waals surface area contributed by atoms with Crippen molar-refractivity contribution >= 4 is 17.4 Å². The van der Waals surface area contributed by atoms with Crippen LogP contribution >= 0.6 is 0 Å². The molecule has 1 aliphatic rings. The summed E-state index contributed by atoms with van der Waals surface area (Å²) in [5.74, 6) is -1.11. The van der Waals surface area contributed by atoms with Gasteiger partial charge in [-0.05, 0) is 29.2 Å². The highest BCUT2D eigenvalue weighted by Gasteiger charge is 2.45. The van der Waals surface area contributed by atoms with Crippen molar-refractivity contribution in [2.45, 2.75) is 24.8 Å². The lowest BCUT2D eigenvalue weighted by atomic mass is 9.83. The molecular formula is C23H24F2N2O2. The summed E-state index contributed by atoms with van der Waals surface area (Å²) in [5, 5.41) is 0. The average molecular weight is 398 g/mol. The molecule has 1 unspecified atom stereocenters. The maximum atomic E-state index is 13.1. The molecule has 0 radical (unpaired) electrons. The molecule has 152 valence electrons. The lowest BCUT2D eigenvalue weighted by molar-refractivity contribution is -0.130. The van der Waals surface area contributed by atoms with Crippen molar-refractivity contribution in [1.29, 1.82) is 0 Å². The van der Waals surface area contributed by atoms with E-state index in [2.05, 4.69) is 0 Å². The maximum Gasteiger partial charge on any atom is 0.320 e. The molecule has 0 bridgehead atoms. The minimum Gasteiger partial charge on any atom is -0.331 e. The molecule has 2 aromatic carbocycles. The lowest BCUT2D eigenvalue weighted by Crippen LogP contribution is -2.49. The largest absolute Gasteiger partial charge is 0.331 e. The molecule has 2 amide bonds. The Hall–Kier alpha value is -3.02. The van der Waals surface area contributed by atoms with Gasteiger partial charge in [0, 0.05) is 27.1 Å². The van der Waals surface area contributed by atoms with E-state index in [9.17, 15) is 18.4 Å². The second kappa shape index (κ2) is 8.55. The van der Waals surface area contributed by atoms with Gasteiger partial charge in [0.1, 0.15) is 0 Å². The number of Topliss-reactive ketones (excluding diaryl/α,β-unsaturated/α-hetero) is 1. The number of rotatable bonds is 6. The number of carbonyl (C=O) groups is 2. The fourth-order valence-corrected chi connectivity index (χ4v) is 3.77. The normalized spacial score (nSPS) is 18.7. The number of amides is 2. The second-order valence-electron chi connectivity index (χ2n) is 7.36. The summed E-state index contributed by atoms with van der Waals surface area (Å²) < 4.78 is 25.8. The Bertz CT molecular complexity index is 898. The number of ketones is 1. The van der Waals surface area contributed by atoms with E-state index in [1.165, 1.54) is 4.90 Å². The number of benzene rings is 2. The summed E-state index contributed by atoms with van der Waals surface area (Å²) in [5.41, 5.74) is 1.71. The first-order valence-corrected chi connectivity index (χ1v) is 9.47. The van der Waals surface area contributed by atoms with Crippen LogP contribution in [0.4, 0.5) is 13.6 Å². The first-order valence-electron chi connectivity index (χ1n) is 9.47. The summed E-state index contributed by atoms with van der Waals surface area (Å²) in [6.07, 6.45) is -1.28. The van der Waals surface area contributed by atoms with Crippen molar-refractivity contribution in [3.8, 4) is 0 Å². The van der Waals surface area contributed by atoms with Gasteiger partial charge in [0.2, 0.25) is 0 Å². The number of carbonyl (C=O) groups excluding carboxylic acids is 2. The average Bonchev–Trinajstić information content (AvgIpc) is 3.13. The molecule has 6 heteroatoms. The first-order chi connectivity index (χ1) is 13.8. The molecular weight excluding hydrogens is 374 g/mol. The number of urea groups is 1. The number of halogens is 2. The van der Waals surface area contributed by atoms with Crippen molar-refractivity contribution in [2.75, 3.05) is 20.6 Å². The van der Waals surface area contributed by atoms with E-state index < -0.39 is 17.7 Å². The van der Waals surface area contributed by atoms with Crippen LogP contribution in [0.1, 0.15) is 24.0 Å². The van der Waals surface area contributed by atoms with Crippen LogP contribution in [0.25, 0.3) is 5.57 Å². The van der Waals surface area contributed by atoms with Crippen LogP contribution in [0, 0.1) is 0 Å². The molecule has 3 rings (SSSR count). The third-order valence-corrected chi connectivity index (χ3v) is 5.25. The number of hydrogen-bond acceptors (Lipinski definition) is 2. The Morgan fingerprint density at radius 2 is 1.62 bits per heavy atom. The minimum absolute atomic E-state index is 0.0934. The third kappa shape index (κ3) is 4.21. The van der Waals surface area contributed by atoms with Gasteiger partial charge in [-0.15, -0.1) is 0 Å². The van der Waals surface area contributed by atoms with Crippen molar-refractivity contribution in [2.24, 2.45) is 0 Å². The quantitative estimate of drug-likeness (QED) is 0.715. The molecule has 4 nitrogen and oxygen atoms in total. The fourth-order valence-electron chi connectivity index (χ4n) is 3.77. The molecule has 1 atom stereocenters. The molecule has 0 aromatic heterocycles. The Balaban J connectivity index is 2.12. The lowest BCUT2D eigenvalue weighted by Gasteiger charge is -2.40. The zero-order chi connectivity index (χ0) is 21.0. The highest BCUT2D eigenvalue weighted by Crippen LogP contribution is 2.44. The molecule has 0 N–H and O–H groups in total. The number of hydrogen-bond donors (Lipinski definition) is 0. The van der Waals surface area contributed by atoms with Crippen molar-refractivity contribution in [3.05, 3.63) is 77.9 Å². The van der Waals surface area contributed by atoms with Gasteiger partial charge in [-0.25, -0.2) is 13.6 Å². The Morgan fingerprint density at radius 1 is 1.03 bits per heavy atom. The van der Waals surface area contributed by atoms with Crippen LogP contribution < -0.4 is 0 Å². The van der Waals surface area contributed by atoms with Gasteiger partial charge < -0.3 is 9.80 Å². The third-order valence-electron chi connectivity index (χ3n) is 5.25. The van der Waals surface area contributed by atoms with E-state index in [4.69, 9.17) is 0 Å². The Kier molecular flexibility index (Phi) is 6.11. The predicted molar refractivity (Wildman–Crippen MR) is 109 cm³/mol. The van der Waals surface area contributed by atoms with Gasteiger partial charge in [0.15, 0.2) is 5.78 Å². The molecule has 1 heterocycles. The van der Waals surface area contributed by atoms with E-state index in [1.807, 2.05) is 66.7 Å². The first kappa shape index (κ1) is 20.7. The van der Waals surface area contributed by atoms with Crippen LogP contribution in [-0.2, 0) is 10.3 Å². The molecule has 1 aliphatic heterocycles. The summed E-state index contributed by atoms with van der Waals surface area (Å²) in [4.78, 5) is 28.0. The number of alkyl halides is 2. The van der Waals surface area contributed by atoms with Crippen LogP contribution in [0.2, 0.25) is 0 Å². The topological polar surface area (TPSA) is 40.6 Å². The van der Waals surface area contributed by atoms with Crippen molar-refractivity contribution in [1.82, 2.24) is 9.80 Å². The fraction of sp³-hybridized carbons (Fsp3) is 0.304. The molecule has 0 saturated heterocycles. The summed E-state index contributed by atoms with van der Waals surface area (Å²) in [6.45, 7) is 0.332. The zero-order valence-electron chi connectivity index (χ0n) is 16.5. The summed E-state index contributed by atoms with van der Waals surface area (Å²) >= 11 is 0. The Morgan fingerprint density at radius 3 is 2.17 bits per heavy atom. The SMILES string of the molecule is CN(C)C(=O)N1CC(c2ccccc2)=CC1(CCC(=O)C(F)F)c1ccccc1. The van der Waals surface area contributed by atoms with Gasteiger partial charge in [-0.1, -0.05) is 60.7 Å². The summed E-state index contributed by atoms with van der Waals surface area (Å²) in [7, 11) is 3.31. The molecule has 0 fully saturated rings.